The van der Waals surface area contributed by atoms with Crippen molar-refractivity contribution in [3.8, 4) is 11.3 Å². The van der Waals surface area contributed by atoms with Gasteiger partial charge in [0.1, 0.15) is 17.2 Å². The molecule has 0 saturated heterocycles. The summed E-state index contributed by atoms with van der Waals surface area (Å²) in [5.74, 6) is 1.34. The van der Waals surface area contributed by atoms with E-state index < -0.39 is 8.07 Å². The summed E-state index contributed by atoms with van der Waals surface area (Å²) in [6.07, 6.45) is 4.75. The van der Waals surface area contributed by atoms with Gasteiger partial charge in [0, 0.05) is 59.4 Å². The summed E-state index contributed by atoms with van der Waals surface area (Å²) in [5, 5.41) is 17.3. The zero-order valence-corrected chi connectivity index (χ0v) is 36.2. The zero-order chi connectivity index (χ0) is 37.3. The maximum Gasteiger partial charge on any atom is 0.164 e. The number of hydrogen-bond donors (Lipinski definition) is 1. The van der Waals surface area contributed by atoms with Gasteiger partial charge in [0.05, 0.1) is 19.2 Å². The predicted octanol–water partition coefficient (Wildman–Crippen LogP) is 12.5. The van der Waals surface area contributed by atoms with Gasteiger partial charge < -0.3 is 9.52 Å². The van der Waals surface area contributed by atoms with Crippen molar-refractivity contribution in [2.75, 3.05) is 0 Å². The van der Waals surface area contributed by atoms with Crippen molar-refractivity contribution in [1.29, 1.82) is 0 Å². The van der Waals surface area contributed by atoms with Gasteiger partial charge >= 0.3 is 0 Å². The SMILES string of the molecule is CC(C)c1nc(-c2[c-]ccc3c2oc2ccccc23)c2ccc3cccc([Si](C)(C)C)c3c2n1.CCC(C)(CC)C(=O)/C=C(\O)C(C)(CC)CC.[Ir]. The fourth-order valence-corrected chi connectivity index (χ4v) is 8.21. The van der Waals surface area contributed by atoms with Gasteiger partial charge in [-0.25, -0.2) is 4.98 Å². The largest absolute Gasteiger partial charge is 0.512 e. The van der Waals surface area contributed by atoms with Crippen molar-refractivity contribution < 1.29 is 34.4 Å². The van der Waals surface area contributed by atoms with Crippen LogP contribution in [0.1, 0.15) is 92.8 Å². The zero-order valence-electron chi connectivity index (χ0n) is 32.8. The van der Waals surface area contributed by atoms with Crippen LogP contribution in [0.5, 0.6) is 0 Å². The van der Waals surface area contributed by atoms with E-state index in [1.54, 1.807) is 0 Å². The maximum absolute atomic E-state index is 12.2. The molecule has 1 radical (unpaired) electrons. The first-order valence-corrected chi connectivity index (χ1v) is 22.1. The minimum Gasteiger partial charge on any atom is -0.512 e. The molecular formula is C45H55IrN2O3Si-. The standard InChI is InChI=1S/C30H27N2OSi.C15H28O2.Ir/c1-18(2)30-31-27(23-13-9-12-21-20-11-6-7-14-24(20)33-29(21)23)22-17-16-19-10-8-15-25(34(3,4)5)26(19)28(22)32-30;1-7-14(5,8-2)12(16)11-13(17)15(6,9-3)10-4;/h6-12,14-18H,1-5H3;11,16H,7-10H2,1-6H3;/q-1;;/b;12-11-;. The molecule has 4 aromatic carbocycles. The van der Waals surface area contributed by atoms with Crippen molar-refractivity contribution >= 4 is 62.7 Å². The molecule has 52 heavy (non-hydrogen) atoms. The molecule has 0 fully saturated rings. The van der Waals surface area contributed by atoms with Gasteiger partial charge in [-0.15, -0.1) is 18.2 Å². The number of aliphatic hydroxyl groups excluding tert-OH is 1. The van der Waals surface area contributed by atoms with Gasteiger partial charge in [-0.3, -0.25) is 9.78 Å². The van der Waals surface area contributed by atoms with Crippen LogP contribution in [0.3, 0.4) is 0 Å². The minimum absolute atomic E-state index is 0. The van der Waals surface area contributed by atoms with Crippen LogP contribution in [0.25, 0.3) is 54.9 Å². The summed E-state index contributed by atoms with van der Waals surface area (Å²) in [6, 6.07) is 26.8. The van der Waals surface area contributed by atoms with Gasteiger partial charge in [-0.05, 0) is 42.5 Å². The average Bonchev–Trinajstić information content (AvgIpc) is 3.52. The first-order valence-electron chi connectivity index (χ1n) is 18.6. The van der Waals surface area contributed by atoms with E-state index in [4.69, 9.17) is 14.4 Å². The molecule has 7 heteroatoms. The molecule has 0 aliphatic heterocycles. The Labute approximate surface area is 324 Å². The Morgan fingerprint density at radius 3 is 2.12 bits per heavy atom. The number of aliphatic hydroxyl groups is 1. The summed E-state index contributed by atoms with van der Waals surface area (Å²) >= 11 is 0. The Morgan fingerprint density at radius 1 is 0.846 bits per heavy atom. The summed E-state index contributed by atoms with van der Waals surface area (Å²) in [4.78, 5) is 22.4. The third kappa shape index (κ3) is 7.83. The van der Waals surface area contributed by atoms with E-state index in [0.717, 1.165) is 75.6 Å². The fourth-order valence-electron chi connectivity index (χ4n) is 6.61. The number of rotatable bonds is 10. The number of benzene rings is 4. The number of fused-ring (bicyclic) bond motifs is 6. The van der Waals surface area contributed by atoms with E-state index in [1.807, 2.05) is 59.7 Å². The Hall–Kier alpha value is -3.64. The molecule has 2 heterocycles. The van der Waals surface area contributed by atoms with Crippen LogP contribution in [-0.4, -0.2) is 28.9 Å². The molecule has 0 atom stereocenters. The number of nitrogens with zero attached hydrogens (tertiary/aromatic N) is 2. The molecule has 6 rings (SSSR count). The van der Waals surface area contributed by atoms with Crippen molar-refractivity contribution in [3.63, 3.8) is 0 Å². The fraction of sp³-hybridized carbons (Fsp3) is 0.400. The van der Waals surface area contributed by atoms with Gasteiger partial charge in [-0.2, -0.15) is 0 Å². The Morgan fingerprint density at radius 2 is 1.50 bits per heavy atom. The monoisotopic (exact) mass is 892 g/mol. The molecule has 0 amide bonds. The number of furan rings is 1. The summed E-state index contributed by atoms with van der Waals surface area (Å²) in [7, 11) is -1.61. The second-order valence-electron chi connectivity index (χ2n) is 15.8. The van der Waals surface area contributed by atoms with Crippen LogP contribution in [0, 0.1) is 16.9 Å². The van der Waals surface area contributed by atoms with Crippen molar-refractivity contribution in [3.05, 3.63) is 90.5 Å². The van der Waals surface area contributed by atoms with E-state index in [1.165, 1.54) is 22.0 Å². The first kappa shape index (κ1) is 41.1. The van der Waals surface area contributed by atoms with Gasteiger partial charge in [-0.1, -0.05) is 140 Å². The molecule has 5 nitrogen and oxygen atoms in total. The second kappa shape index (κ2) is 16.2. The van der Waals surface area contributed by atoms with E-state index >= 15 is 0 Å². The summed E-state index contributed by atoms with van der Waals surface area (Å²) in [5.41, 5.74) is 3.93. The molecule has 6 aromatic rings. The van der Waals surface area contributed by atoms with Crippen LogP contribution in [0.2, 0.25) is 19.6 Å². The van der Waals surface area contributed by atoms with E-state index in [2.05, 4.69) is 88.1 Å². The quantitative estimate of drug-likeness (QED) is 0.0487. The number of aromatic nitrogens is 2. The van der Waals surface area contributed by atoms with Crippen LogP contribution < -0.4 is 5.19 Å². The molecule has 0 bridgehead atoms. The van der Waals surface area contributed by atoms with Crippen LogP contribution in [0.4, 0.5) is 0 Å². The van der Waals surface area contributed by atoms with Crippen LogP contribution >= 0.6 is 0 Å². The third-order valence-electron chi connectivity index (χ3n) is 11.2. The molecule has 277 valence electrons. The Bertz CT molecular complexity index is 2240. The van der Waals surface area contributed by atoms with Crippen molar-refractivity contribution in [2.24, 2.45) is 10.8 Å². The van der Waals surface area contributed by atoms with Crippen molar-refractivity contribution in [2.45, 2.75) is 107 Å². The van der Waals surface area contributed by atoms with Crippen molar-refractivity contribution in [1.82, 2.24) is 9.97 Å². The molecule has 0 aliphatic carbocycles. The maximum atomic E-state index is 12.2. The van der Waals surface area contributed by atoms with Gasteiger partial charge in [0.25, 0.3) is 0 Å². The van der Waals surface area contributed by atoms with Crippen LogP contribution in [0.15, 0.2) is 83.0 Å². The normalized spacial score (nSPS) is 12.7. The molecule has 2 aromatic heterocycles. The molecule has 0 saturated carbocycles. The predicted molar refractivity (Wildman–Crippen MR) is 219 cm³/mol. The molecule has 0 unspecified atom stereocenters. The van der Waals surface area contributed by atoms with Gasteiger partial charge in [0.15, 0.2) is 5.78 Å². The third-order valence-corrected chi connectivity index (χ3v) is 13.3. The number of hydrogen-bond acceptors (Lipinski definition) is 5. The summed E-state index contributed by atoms with van der Waals surface area (Å²) < 4.78 is 6.37. The second-order valence-corrected chi connectivity index (χ2v) is 20.9. The molecule has 0 aliphatic rings. The van der Waals surface area contributed by atoms with E-state index in [9.17, 15) is 9.90 Å². The van der Waals surface area contributed by atoms with Crippen LogP contribution in [-0.2, 0) is 24.9 Å². The average molecular weight is 892 g/mol. The smallest absolute Gasteiger partial charge is 0.164 e. The number of para-hydroxylation sites is 1. The van der Waals surface area contributed by atoms with Gasteiger partial charge in [0.2, 0.25) is 0 Å². The molecule has 0 spiro atoms. The number of carbonyl (C=O) groups is 1. The number of ketones is 1. The molecule has 1 N–H and O–H groups in total. The minimum atomic E-state index is -1.61. The Balaban J connectivity index is 0.000000289. The van der Waals surface area contributed by atoms with E-state index in [-0.39, 0.29) is 48.4 Å². The van der Waals surface area contributed by atoms with E-state index in [0.29, 0.717) is 0 Å². The first-order chi connectivity index (χ1) is 24.1. The summed E-state index contributed by atoms with van der Waals surface area (Å²) in [6.45, 7) is 23.6. The number of carbonyl (C=O) groups excluding carboxylic acids is 1. The number of allylic oxidation sites excluding steroid dienone is 2. The Kier molecular flexibility index (Phi) is 12.8. The molecular weight excluding hydrogens is 837 g/mol. The topological polar surface area (TPSA) is 76.2 Å².